The molecule has 1 aliphatic rings. The fourth-order valence-electron chi connectivity index (χ4n) is 3.01. The Morgan fingerprint density at radius 2 is 1.70 bits per heavy atom. The van der Waals surface area contributed by atoms with Crippen LogP contribution < -0.4 is 0 Å². The number of hydrogen-bond acceptors (Lipinski definition) is 2. The number of rotatable bonds is 3. The summed E-state index contributed by atoms with van der Waals surface area (Å²) >= 11 is 0. The summed E-state index contributed by atoms with van der Waals surface area (Å²) < 4.78 is 41.3. The van der Waals surface area contributed by atoms with E-state index in [-0.39, 0.29) is 24.3 Å². The van der Waals surface area contributed by atoms with E-state index in [1.54, 1.807) is 24.3 Å². The van der Waals surface area contributed by atoms with Crippen LogP contribution in [0.4, 0.5) is 4.39 Å². The standard InChI is InChI=1S/C18H20FNO2S/c1-14-7-9-17(10-8-14)23(21,22)20-12-11-16(19)13-18(20)15-5-3-2-4-6-15/h2-10,16,18H,11-13H2,1H3/t16-,18+/m0/s1. The first kappa shape index (κ1) is 16.1. The molecule has 3 nitrogen and oxygen atoms in total. The van der Waals surface area contributed by atoms with Crippen LogP contribution in [0, 0.1) is 6.92 Å². The van der Waals surface area contributed by atoms with Gasteiger partial charge in [0.2, 0.25) is 10.0 Å². The van der Waals surface area contributed by atoms with Crippen LogP contribution in [0.15, 0.2) is 59.5 Å². The molecule has 1 saturated heterocycles. The quantitative estimate of drug-likeness (QED) is 0.855. The largest absolute Gasteiger partial charge is 0.247 e. The minimum absolute atomic E-state index is 0.203. The minimum Gasteiger partial charge on any atom is -0.247 e. The maximum atomic E-state index is 13.9. The van der Waals surface area contributed by atoms with Gasteiger partial charge in [0.05, 0.1) is 10.9 Å². The number of nitrogens with zero attached hydrogens (tertiary/aromatic N) is 1. The van der Waals surface area contributed by atoms with Crippen molar-refractivity contribution in [2.24, 2.45) is 0 Å². The van der Waals surface area contributed by atoms with Gasteiger partial charge in [-0.25, -0.2) is 12.8 Å². The molecule has 23 heavy (non-hydrogen) atoms. The van der Waals surface area contributed by atoms with Gasteiger partial charge in [0.1, 0.15) is 6.17 Å². The lowest BCUT2D eigenvalue weighted by atomic mass is 9.96. The summed E-state index contributed by atoms with van der Waals surface area (Å²) in [6, 6.07) is 15.7. The molecule has 2 aromatic carbocycles. The lowest BCUT2D eigenvalue weighted by Crippen LogP contribution is -2.41. The topological polar surface area (TPSA) is 37.4 Å². The molecule has 2 aromatic rings. The van der Waals surface area contributed by atoms with Crippen molar-refractivity contribution >= 4 is 10.0 Å². The Balaban J connectivity index is 1.99. The molecule has 0 N–H and O–H groups in total. The predicted molar refractivity (Wildman–Crippen MR) is 88.4 cm³/mol. The highest BCUT2D eigenvalue weighted by atomic mass is 32.2. The molecule has 0 saturated carbocycles. The molecule has 0 bridgehead atoms. The van der Waals surface area contributed by atoms with Crippen molar-refractivity contribution in [3.05, 3.63) is 65.7 Å². The van der Waals surface area contributed by atoms with Gasteiger partial charge in [-0.05, 0) is 37.5 Å². The Morgan fingerprint density at radius 1 is 1.04 bits per heavy atom. The van der Waals surface area contributed by atoms with E-state index in [2.05, 4.69) is 0 Å². The second-order valence-electron chi connectivity index (χ2n) is 5.98. The zero-order valence-electron chi connectivity index (χ0n) is 13.0. The van der Waals surface area contributed by atoms with Gasteiger partial charge in [-0.3, -0.25) is 0 Å². The molecule has 0 spiro atoms. The summed E-state index contributed by atoms with van der Waals surface area (Å²) in [5.74, 6) is 0. The fourth-order valence-corrected chi connectivity index (χ4v) is 4.65. The van der Waals surface area contributed by atoms with Crippen molar-refractivity contribution in [1.29, 1.82) is 0 Å². The average Bonchev–Trinajstić information content (AvgIpc) is 2.56. The number of halogens is 1. The van der Waals surface area contributed by atoms with Crippen LogP contribution in [0.5, 0.6) is 0 Å². The number of hydrogen-bond donors (Lipinski definition) is 0. The van der Waals surface area contributed by atoms with Crippen LogP contribution in [-0.4, -0.2) is 25.4 Å². The van der Waals surface area contributed by atoms with E-state index in [0.717, 1.165) is 11.1 Å². The van der Waals surface area contributed by atoms with Crippen LogP contribution >= 0.6 is 0 Å². The number of piperidine rings is 1. The van der Waals surface area contributed by atoms with Crippen LogP contribution in [-0.2, 0) is 10.0 Å². The number of alkyl halides is 1. The molecule has 0 radical (unpaired) electrons. The smallest absolute Gasteiger partial charge is 0.243 e. The van der Waals surface area contributed by atoms with Gasteiger partial charge >= 0.3 is 0 Å². The lowest BCUT2D eigenvalue weighted by molar-refractivity contribution is 0.156. The highest BCUT2D eigenvalue weighted by molar-refractivity contribution is 7.89. The highest BCUT2D eigenvalue weighted by Crippen LogP contribution is 2.36. The molecule has 2 atom stereocenters. The first-order valence-electron chi connectivity index (χ1n) is 7.76. The van der Waals surface area contributed by atoms with Gasteiger partial charge in [0.15, 0.2) is 0 Å². The molecule has 122 valence electrons. The Morgan fingerprint density at radius 3 is 2.35 bits per heavy atom. The van der Waals surface area contributed by atoms with Gasteiger partial charge in [-0.1, -0.05) is 48.0 Å². The van der Waals surface area contributed by atoms with Crippen LogP contribution in [0.1, 0.15) is 30.0 Å². The van der Waals surface area contributed by atoms with Crippen LogP contribution in [0.2, 0.25) is 0 Å². The summed E-state index contributed by atoms with van der Waals surface area (Å²) in [6.07, 6.45) is -0.520. The molecule has 5 heteroatoms. The maximum Gasteiger partial charge on any atom is 0.243 e. The Kier molecular flexibility index (Phi) is 4.50. The van der Waals surface area contributed by atoms with Gasteiger partial charge in [0.25, 0.3) is 0 Å². The number of benzene rings is 2. The second-order valence-corrected chi connectivity index (χ2v) is 7.87. The second kappa shape index (κ2) is 6.42. The monoisotopic (exact) mass is 333 g/mol. The zero-order valence-corrected chi connectivity index (χ0v) is 13.8. The van der Waals surface area contributed by atoms with Gasteiger partial charge in [-0.15, -0.1) is 0 Å². The lowest BCUT2D eigenvalue weighted by Gasteiger charge is -2.36. The summed E-state index contributed by atoms with van der Waals surface area (Å²) in [7, 11) is -3.63. The van der Waals surface area contributed by atoms with Crippen molar-refractivity contribution in [3.8, 4) is 0 Å². The average molecular weight is 333 g/mol. The fraction of sp³-hybridized carbons (Fsp3) is 0.333. The van der Waals surface area contributed by atoms with Gasteiger partial charge in [0, 0.05) is 6.54 Å². The van der Waals surface area contributed by atoms with E-state index in [1.807, 2.05) is 37.3 Å². The number of aryl methyl sites for hydroxylation is 1. The molecular formula is C18H20FNO2S. The molecular weight excluding hydrogens is 313 g/mol. The third kappa shape index (κ3) is 3.31. The molecule has 0 unspecified atom stereocenters. The highest BCUT2D eigenvalue weighted by Gasteiger charge is 2.37. The summed E-state index contributed by atoms with van der Waals surface area (Å²) in [6.45, 7) is 2.12. The normalized spacial score (nSPS) is 22.9. The van der Waals surface area contributed by atoms with Gasteiger partial charge in [-0.2, -0.15) is 4.31 Å². The SMILES string of the molecule is Cc1ccc(S(=O)(=O)N2CC[C@H](F)C[C@@H]2c2ccccc2)cc1. The molecule has 0 aromatic heterocycles. The van der Waals surface area contributed by atoms with Crippen molar-refractivity contribution < 1.29 is 12.8 Å². The molecule has 1 heterocycles. The molecule has 0 amide bonds. The Hall–Kier alpha value is -1.72. The minimum atomic E-state index is -3.63. The third-order valence-electron chi connectivity index (χ3n) is 4.30. The van der Waals surface area contributed by atoms with Crippen LogP contribution in [0.3, 0.4) is 0 Å². The molecule has 1 aliphatic heterocycles. The summed E-state index contributed by atoms with van der Waals surface area (Å²) in [4.78, 5) is 0.265. The maximum absolute atomic E-state index is 13.9. The van der Waals surface area contributed by atoms with E-state index >= 15 is 0 Å². The van der Waals surface area contributed by atoms with E-state index in [0.29, 0.717) is 0 Å². The van der Waals surface area contributed by atoms with Crippen molar-refractivity contribution in [2.75, 3.05) is 6.54 Å². The van der Waals surface area contributed by atoms with Crippen molar-refractivity contribution in [2.45, 2.75) is 36.9 Å². The van der Waals surface area contributed by atoms with E-state index in [1.165, 1.54) is 4.31 Å². The molecule has 1 fully saturated rings. The molecule has 3 rings (SSSR count). The van der Waals surface area contributed by atoms with E-state index in [4.69, 9.17) is 0 Å². The molecule has 0 aliphatic carbocycles. The Labute approximate surface area is 136 Å². The first-order chi connectivity index (χ1) is 11.0. The first-order valence-corrected chi connectivity index (χ1v) is 9.20. The summed E-state index contributed by atoms with van der Waals surface area (Å²) in [5, 5.41) is 0. The van der Waals surface area contributed by atoms with Crippen LogP contribution in [0.25, 0.3) is 0 Å². The summed E-state index contributed by atoms with van der Waals surface area (Å²) in [5.41, 5.74) is 1.84. The number of sulfonamides is 1. The third-order valence-corrected chi connectivity index (χ3v) is 6.22. The van der Waals surface area contributed by atoms with E-state index in [9.17, 15) is 12.8 Å². The van der Waals surface area contributed by atoms with Crippen molar-refractivity contribution in [1.82, 2.24) is 4.31 Å². The van der Waals surface area contributed by atoms with Crippen molar-refractivity contribution in [3.63, 3.8) is 0 Å². The van der Waals surface area contributed by atoms with E-state index < -0.39 is 22.2 Å². The zero-order chi connectivity index (χ0) is 16.4. The predicted octanol–water partition coefficient (Wildman–Crippen LogP) is 3.86. The Bertz CT molecular complexity index is 759. The van der Waals surface area contributed by atoms with Gasteiger partial charge < -0.3 is 0 Å².